The van der Waals surface area contributed by atoms with E-state index in [0.29, 0.717) is 12.3 Å². The zero-order chi connectivity index (χ0) is 12.8. The first kappa shape index (κ1) is 13.8. The number of amides is 1. The molecule has 0 aromatic heterocycles. The smallest absolute Gasteiger partial charge is 0.220 e. The minimum absolute atomic E-state index is 0.141. The standard InChI is InChI=1S/C15H23NO/c1-5-14(16-15(17)10-11(2)3)13-8-6-12(4)7-9-13/h6-9,11,14H,5,10H2,1-4H3,(H,16,17). The summed E-state index contributed by atoms with van der Waals surface area (Å²) in [7, 11) is 0. The molecule has 1 unspecified atom stereocenters. The van der Waals surface area contributed by atoms with Crippen LogP contribution in [0.4, 0.5) is 0 Å². The lowest BCUT2D eigenvalue weighted by Gasteiger charge is -2.18. The lowest BCUT2D eigenvalue weighted by Crippen LogP contribution is -2.28. The van der Waals surface area contributed by atoms with Gasteiger partial charge in [0.2, 0.25) is 5.91 Å². The third-order valence-corrected chi connectivity index (χ3v) is 2.82. The third-order valence-electron chi connectivity index (χ3n) is 2.82. The maximum Gasteiger partial charge on any atom is 0.220 e. The van der Waals surface area contributed by atoms with Crippen LogP contribution in [0.1, 0.15) is 50.8 Å². The predicted octanol–water partition coefficient (Wildman–Crippen LogP) is 3.61. The van der Waals surface area contributed by atoms with Crippen molar-refractivity contribution in [2.24, 2.45) is 5.92 Å². The number of hydrogen-bond donors (Lipinski definition) is 1. The van der Waals surface area contributed by atoms with Crippen LogP contribution in [0.2, 0.25) is 0 Å². The zero-order valence-electron chi connectivity index (χ0n) is 11.3. The van der Waals surface area contributed by atoms with Gasteiger partial charge in [-0.2, -0.15) is 0 Å². The van der Waals surface area contributed by atoms with Gasteiger partial charge in [-0.15, -0.1) is 0 Å². The molecule has 1 amide bonds. The van der Waals surface area contributed by atoms with Crippen molar-refractivity contribution in [3.8, 4) is 0 Å². The van der Waals surface area contributed by atoms with Gasteiger partial charge in [0, 0.05) is 6.42 Å². The molecule has 2 nitrogen and oxygen atoms in total. The second kappa shape index (κ2) is 6.43. The van der Waals surface area contributed by atoms with Crippen molar-refractivity contribution in [3.05, 3.63) is 35.4 Å². The molecule has 2 heteroatoms. The van der Waals surface area contributed by atoms with Crippen LogP contribution in [0, 0.1) is 12.8 Å². The fraction of sp³-hybridized carbons (Fsp3) is 0.533. The van der Waals surface area contributed by atoms with Crippen LogP contribution < -0.4 is 5.32 Å². The van der Waals surface area contributed by atoms with E-state index in [0.717, 1.165) is 6.42 Å². The molecule has 1 aromatic carbocycles. The quantitative estimate of drug-likeness (QED) is 0.827. The Bertz CT molecular complexity index is 354. The lowest BCUT2D eigenvalue weighted by molar-refractivity contribution is -0.122. The van der Waals surface area contributed by atoms with E-state index in [2.05, 4.69) is 57.3 Å². The summed E-state index contributed by atoms with van der Waals surface area (Å²) in [4.78, 5) is 11.8. The number of hydrogen-bond acceptors (Lipinski definition) is 1. The van der Waals surface area contributed by atoms with Gasteiger partial charge in [0.15, 0.2) is 0 Å². The lowest BCUT2D eigenvalue weighted by atomic mass is 10.0. The van der Waals surface area contributed by atoms with Crippen LogP contribution >= 0.6 is 0 Å². The SMILES string of the molecule is CCC(NC(=O)CC(C)C)c1ccc(C)cc1. The van der Waals surface area contributed by atoms with E-state index in [-0.39, 0.29) is 11.9 Å². The highest BCUT2D eigenvalue weighted by Gasteiger charge is 2.13. The molecule has 0 fully saturated rings. The number of rotatable bonds is 5. The molecule has 1 atom stereocenters. The molecule has 0 bridgehead atoms. The molecule has 0 aliphatic heterocycles. The van der Waals surface area contributed by atoms with Crippen LogP contribution in [-0.2, 0) is 4.79 Å². The Hall–Kier alpha value is -1.31. The van der Waals surface area contributed by atoms with Crippen molar-refractivity contribution in [2.75, 3.05) is 0 Å². The van der Waals surface area contributed by atoms with Crippen molar-refractivity contribution >= 4 is 5.91 Å². The Morgan fingerprint density at radius 2 is 1.82 bits per heavy atom. The molecule has 0 radical (unpaired) electrons. The van der Waals surface area contributed by atoms with Crippen molar-refractivity contribution in [2.45, 2.75) is 46.6 Å². The monoisotopic (exact) mass is 233 g/mol. The fourth-order valence-electron chi connectivity index (χ4n) is 1.84. The highest BCUT2D eigenvalue weighted by Crippen LogP contribution is 2.17. The fourth-order valence-corrected chi connectivity index (χ4v) is 1.84. The van der Waals surface area contributed by atoms with E-state index in [1.54, 1.807) is 0 Å². The van der Waals surface area contributed by atoms with Gasteiger partial charge in [0.25, 0.3) is 0 Å². The molecular formula is C15H23NO. The number of benzene rings is 1. The molecule has 1 aromatic rings. The van der Waals surface area contributed by atoms with E-state index in [9.17, 15) is 4.79 Å². The van der Waals surface area contributed by atoms with Gasteiger partial charge >= 0.3 is 0 Å². The molecule has 0 aliphatic rings. The topological polar surface area (TPSA) is 29.1 Å². The van der Waals surface area contributed by atoms with Gasteiger partial charge < -0.3 is 5.32 Å². The first-order valence-electron chi connectivity index (χ1n) is 6.38. The van der Waals surface area contributed by atoms with E-state index < -0.39 is 0 Å². The first-order valence-corrected chi connectivity index (χ1v) is 6.38. The average molecular weight is 233 g/mol. The third kappa shape index (κ3) is 4.59. The predicted molar refractivity (Wildman–Crippen MR) is 71.8 cm³/mol. The number of carbonyl (C=O) groups is 1. The van der Waals surface area contributed by atoms with Gasteiger partial charge in [-0.3, -0.25) is 4.79 Å². The van der Waals surface area contributed by atoms with Gasteiger partial charge in [-0.05, 0) is 24.8 Å². The zero-order valence-corrected chi connectivity index (χ0v) is 11.3. The summed E-state index contributed by atoms with van der Waals surface area (Å²) >= 11 is 0. The normalized spacial score (nSPS) is 12.5. The Morgan fingerprint density at radius 3 is 2.29 bits per heavy atom. The van der Waals surface area contributed by atoms with Crippen molar-refractivity contribution < 1.29 is 4.79 Å². The second-order valence-electron chi connectivity index (χ2n) is 5.04. The van der Waals surface area contributed by atoms with Gasteiger partial charge in [-0.1, -0.05) is 50.6 Å². The number of aryl methyl sites for hydroxylation is 1. The average Bonchev–Trinajstić information content (AvgIpc) is 2.26. The molecule has 0 saturated heterocycles. The van der Waals surface area contributed by atoms with Gasteiger partial charge in [-0.25, -0.2) is 0 Å². The van der Waals surface area contributed by atoms with Crippen LogP contribution in [0.25, 0.3) is 0 Å². The molecule has 1 rings (SSSR count). The minimum atomic E-state index is 0.141. The Labute approximate surface area is 104 Å². The Balaban J connectivity index is 2.65. The number of nitrogens with one attached hydrogen (secondary N) is 1. The summed E-state index contributed by atoms with van der Waals surface area (Å²) < 4.78 is 0. The molecule has 0 saturated carbocycles. The minimum Gasteiger partial charge on any atom is -0.349 e. The van der Waals surface area contributed by atoms with E-state index >= 15 is 0 Å². The van der Waals surface area contributed by atoms with E-state index in [1.807, 2.05) is 0 Å². The summed E-state index contributed by atoms with van der Waals surface area (Å²) in [5, 5.41) is 3.09. The molecule has 0 heterocycles. The van der Waals surface area contributed by atoms with Crippen molar-refractivity contribution in [1.29, 1.82) is 0 Å². The molecule has 17 heavy (non-hydrogen) atoms. The second-order valence-corrected chi connectivity index (χ2v) is 5.04. The molecule has 1 N–H and O–H groups in total. The summed E-state index contributed by atoms with van der Waals surface area (Å²) in [5.74, 6) is 0.554. The molecule has 0 spiro atoms. The van der Waals surface area contributed by atoms with Crippen LogP contribution in [-0.4, -0.2) is 5.91 Å². The summed E-state index contributed by atoms with van der Waals surface area (Å²) in [6.45, 7) is 8.29. The molecule has 0 aliphatic carbocycles. The summed E-state index contributed by atoms with van der Waals surface area (Å²) in [6.07, 6.45) is 1.52. The van der Waals surface area contributed by atoms with E-state index in [4.69, 9.17) is 0 Å². The van der Waals surface area contributed by atoms with Crippen LogP contribution in [0.15, 0.2) is 24.3 Å². The first-order chi connectivity index (χ1) is 8.02. The summed E-state index contributed by atoms with van der Waals surface area (Å²) in [6, 6.07) is 8.51. The summed E-state index contributed by atoms with van der Waals surface area (Å²) in [5.41, 5.74) is 2.44. The Kier molecular flexibility index (Phi) is 5.20. The molecule has 94 valence electrons. The molecular weight excluding hydrogens is 210 g/mol. The van der Waals surface area contributed by atoms with Crippen molar-refractivity contribution in [3.63, 3.8) is 0 Å². The largest absolute Gasteiger partial charge is 0.349 e. The maximum absolute atomic E-state index is 11.8. The van der Waals surface area contributed by atoms with Crippen molar-refractivity contribution in [1.82, 2.24) is 5.32 Å². The Morgan fingerprint density at radius 1 is 1.24 bits per heavy atom. The van der Waals surface area contributed by atoms with E-state index in [1.165, 1.54) is 11.1 Å². The van der Waals surface area contributed by atoms with Crippen LogP contribution in [0.3, 0.4) is 0 Å². The highest BCUT2D eigenvalue weighted by atomic mass is 16.1. The van der Waals surface area contributed by atoms with Gasteiger partial charge in [0.1, 0.15) is 0 Å². The number of carbonyl (C=O) groups excluding carboxylic acids is 1. The van der Waals surface area contributed by atoms with Crippen LogP contribution in [0.5, 0.6) is 0 Å². The van der Waals surface area contributed by atoms with Gasteiger partial charge in [0.05, 0.1) is 6.04 Å². The highest BCUT2D eigenvalue weighted by molar-refractivity contribution is 5.76. The maximum atomic E-state index is 11.8.